The molecule has 5 nitrogen and oxygen atoms in total. The number of aryl methyl sites for hydroxylation is 1. The van der Waals surface area contributed by atoms with E-state index >= 15 is 0 Å². The van der Waals surface area contributed by atoms with Crippen LogP contribution in [0.1, 0.15) is 19.2 Å². The van der Waals surface area contributed by atoms with Gasteiger partial charge in [0.2, 0.25) is 0 Å². The quantitative estimate of drug-likeness (QED) is 0.709. The number of rotatable bonds is 6. The first-order valence-corrected chi connectivity index (χ1v) is 4.85. The normalized spacial score (nSPS) is 13.1. The second-order valence-corrected chi connectivity index (χ2v) is 3.45. The van der Waals surface area contributed by atoms with Crippen LogP contribution in [0.15, 0.2) is 6.33 Å². The van der Waals surface area contributed by atoms with Crippen molar-refractivity contribution in [3.8, 4) is 0 Å². The van der Waals surface area contributed by atoms with Gasteiger partial charge in [-0.15, -0.1) is 10.2 Å². The van der Waals surface area contributed by atoms with Gasteiger partial charge in [0.05, 0.1) is 6.61 Å². The highest BCUT2D eigenvalue weighted by atomic mass is 16.5. The monoisotopic (exact) mass is 198 g/mol. The third-order valence-corrected chi connectivity index (χ3v) is 2.06. The molecule has 1 aromatic heterocycles. The summed E-state index contributed by atoms with van der Waals surface area (Å²) in [6.45, 7) is 3.48. The lowest BCUT2D eigenvalue weighted by molar-refractivity contribution is 0.186. The summed E-state index contributed by atoms with van der Waals surface area (Å²) >= 11 is 0. The molecule has 0 amide bonds. The first kappa shape index (κ1) is 11.1. The summed E-state index contributed by atoms with van der Waals surface area (Å²) in [5.74, 6) is 0.986. The Morgan fingerprint density at radius 2 is 2.43 bits per heavy atom. The Kier molecular flexibility index (Phi) is 4.55. The molecule has 0 aliphatic heterocycles. The molecule has 2 N–H and O–H groups in total. The molecule has 0 saturated carbocycles. The van der Waals surface area contributed by atoms with Crippen molar-refractivity contribution in [2.75, 3.05) is 13.7 Å². The molecule has 1 atom stereocenters. The van der Waals surface area contributed by atoms with Gasteiger partial charge in [-0.1, -0.05) is 0 Å². The van der Waals surface area contributed by atoms with Crippen molar-refractivity contribution in [2.45, 2.75) is 32.4 Å². The molecule has 1 heterocycles. The van der Waals surface area contributed by atoms with Gasteiger partial charge in [-0.2, -0.15) is 0 Å². The summed E-state index contributed by atoms with van der Waals surface area (Å²) in [5.41, 5.74) is 5.68. The van der Waals surface area contributed by atoms with Crippen molar-refractivity contribution in [3.63, 3.8) is 0 Å². The molecule has 1 aromatic rings. The lowest BCUT2D eigenvalue weighted by atomic mass is 10.2. The number of hydrogen-bond donors (Lipinski definition) is 1. The van der Waals surface area contributed by atoms with Crippen molar-refractivity contribution in [2.24, 2.45) is 5.73 Å². The second-order valence-electron chi connectivity index (χ2n) is 3.45. The molecule has 0 aliphatic carbocycles. The molecule has 0 fully saturated rings. The number of ether oxygens (including phenoxy) is 1. The van der Waals surface area contributed by atoms with Crippen LogP contribution < -0.4 is 5.73 Å². The average Bonchev–Trinajstić information content (AvgIpc) is 2.58. The predicted molar refractivity (Wildman–Crippen MR) is 53.9 cm³/mol. The van der Waals surface area contributed by atoms with Crippen LogP contribution in [0.3, 0.4) is 0 Å². The van der Waals surface area contributed by atoms with Crippen LogP contribution in [0.2, 0.25) is 0 Å². The third-order valence-electron chi connectivity index (χ3n) is 2.06. The standard InChI is InChI=1S/C9H18N4O/c1-8(10)3-4-9-12-11-7-13(9)5-6-14-2/h7-8H,3-6,10H2,1-2H3. The second kappa shape index (κ2) is 5.72. The van der Waals surface area contributed by atoms with E-state index in [0.717, 1.165) is 25.2 Å². The van der Waals surface area contributed by atoms with Gasteiger partial charge in [0.1, 0.15) is 12.2 Å². The largest absolute Gasteiger partial charge is 0.383 e. The van der Waals surface area contributed by atoms with Crippen LogP contribution in [0.4, 0.5) is 0 Å². The van der Waals surface area contributed by atoms with E-state index in [9.17, 15) is 0 Å². The Bertz CT molecular complexity index is 259. The molecule has 14 heavy (non-hydrogen) atoms. The van der Waals surface area contributed by atoms with Gasteiger partial charge >= 0.3 is 0 Å². The summed E-state index contributed by atoms with van der Waals surface area (Å²) in [7, 11) is 1.69. The zero-order valence-corrected chi connectivity index (χ0v) is 8.81. The minimum atomic E-state index is 0.211. The molecule has 80 valence electrons. The fraction of sp³-hybridized carbons (Fsp3) is 0.778. The Labute approximate surface area is 84.3 Å². The summed E-state index contributed by atoms with van der Waals surface area (Å²) in [4.78, 5) is 0. The predicted octanol–water partition coefficient (Wildman–Crippen LogP) is 0.204. The maximum absolute atomic E-state index is 5.68. The van der Waals surface area contributed by atoms with Crippen LogP contribution in [0, 0.1) is 0 Å². The maximum atomic E-state index is 5.68. The minimum Gasteiger partial charge on any atom is -0.383 e. The number of nitrogens with zero attached hydrogens (tertiary/aromatic N) is 3. The molecule has 1 rings (SSSR count). The van der Waals surface area contributed by atoms with Crippen molar-refractivity contribution in [1.82, 2.24) is 14.8 Å². The maximum Gasteiger partial charge on any atom is 0.132 e. The van der Waals surface area contributed by atoms with E-state index in [4.69, 9.17) is 10.5 Å². The smallest absolute Gasteiger partial charge is 0.132 e. The van der Waals surface area contributed by atoms with E-state index in [1.165, 1.54) is 0 Å². The Hall–Kier alpha value is -0.940. The lowest BCUT2D eigenvalue weighted by Crippen LogP contribution is -2.17. The van der Waals surface area contributed by atoms with Gasteiger partial charge in [0.15, 0.2) is 0 Å². The minimum absolute atomic E-state index is 0.211. The molecular formula is C9H18N4O. The fourth-order valence-electron chi connectivity index (χ4n) is 1.21. The Balaban J connectivity index is 2.45. The van der Waals surface area contributed by atoms with Crippen molar-refractivity contribution < 1.29 is 4.74 Å². The SMILES string of the molecule is COCCn1cnnc1CCC(C)N. The van der Waals surface area contributed by atoms with E-state index in [2.05, 4.69) is 10.2 Å². The number of aromatic nitrogens is 3. The highest BCUT2D eigenvalue weighted by molar-refractivity contribution is 4.86. The van der Waals surface area contributed by atoms with Crippen LogP contribution in [-0.2, 0) is 17.7 Å². The highest BCUT2D eigenvalue weighted by Gasteiger charge is 2.04. The van der Waals surface area contributed by atoms with E-state index in [1.54, 1.807) is 13.4 Å². The van der Waals surface area contributed by atoms with Gasteiger partial charge < -0.3 is 15.0 Å². The summed E-state index contributed by atoms with van der Waals surface area (Å²) < 4.78 is 7.00. The van der Waals surface area contributed by atoms with Crippen LogP contribution in [0.5, 0.6) is 0 Å². The Morgan fingerprint density at radius 3 is 3.07 bits per heavy atom. The molecule has 0 aromatic carbocycles. The number of hydrogen-bond acceptors (Lipinski definition) is 4. The molecular weight excluding hydrogens is 180 g/mol. The van der Waals surface area contributed by atoms with Crippen LogP contribution in [-0.4, -0.2) is 34.5 Å². The average molecular weight is 198 g/mol. The lowest BCUT2D eigenvalue weighted by Gasteiger charge is -2.06. The van der Waals surface area contributed by atoms with Gasteiger partial charge in [-0.3, -0.25) is 0 Å². The Morgan fingerprint density at radius 1 is 1.64 bits per heavy atom. The summed E-state index contributed by atoms with van der Waals surface area (Å²) in [6.07, 6.45) is 3.54. The van der Waals surface area contributed by atoms with Crippen molar-refractivity contribution >= 4 is 0 Å². The number of nitrogens with two attached hydrogens (primary N) is 1. The zero-order valence-electron chi connectivity index (χ0n) is 8.81. The summed E-state index contributed by atoms with van der Waals surface area (Å²) in [6, 6.07) is 0.211. The molecule has 0 saturated heterocycles. The zero-order chi connectivity index (χ0) is 10.4. The molecule has 0 radical (unpaired) electrons. The molecule has 0 spiro atoms. The summed E-state index contributed by atoms with van der Waals surface area (Å²) in [5, 5.41) is 7.91. The van der Waals surface area contributed by atoms with Gasteiger partial charge in [0.25, 0.3) is 0 Å². The van der Waals surface area contributed by atoms with E-state index in [-0.39, 0.29) is 6.04 Å². The molecule has 1 unspecified atom stereocenters. The van der Waals surface area contributed by atoms with Gasteiger partial charge in [-0.05, 0) is 13.3 Å². The molecule has 0 aliphatic rings. The van der Waals surface area contributed by atoms with Crippen molar-refractivity contribution in [3.05, 3.63) is 12.2 Å². The first-order chi connectivity index (χ1) is 6.74. The van der Waals surface area contributed by atoms with E-state index in [1.807, 2.05) is 11.5 Å². The van der Waals surface area contributed by atoms with E-state index in [0.29, 0.717) is 6.61 Å². The fourth-order valence-corrected chi connectivity index (χ4v) is 1.21. The molecule has 5 heteroatoms. The van der Waals surface area contributed by atoms with Crippen molar-refractivity contribution in [1.29, 1.82) is 0 Å². The highest BCUT2D eigenvalue weighted by Crippen LogP contribution is 2.01. The molecule has 0 bridgehead atoms. The third kappa shape index (κ3) is 3.43. The first-order valence-electron chi connectivity index (χ1n) is 4.85. The topological polar surface area (TPSA) is 66.0 Å². The van der Waals surface area contributed by atoms with Gasteiger partial charge in [-0.25, -0.2) is 0 Å². The van der Waals surface area contributed by atoms with E-state index < -0.39 is 0 Å². The van der Waals surface area contributed by atoms with Crippen LogP contribution in [0.25, 0.3) is 0 Å². The van der Waals surface area contributed by atoms with Crippen LogP contribution >= 0.6 is 0 Å². The van der Waals surface area contributed by atoms with Gasteiger partial charge in [0, 0.05) is 26.1 Å². The number of methoxy groups -OCH3 is 1.